The van der Waals surface area contributed by atoms with Gasteiger partial charge in [-0.05, 0) is 45.0 Å². The maximum atomic E-state index is 13.9. The lowest BCUT2D eigenvalue weighted by Crippen LogP contribution is -2.41. The highest BCUT2D eigenvalue weighted by Gasteiger charge is 2.18. The van der Waals surface area contributed by atoms with E-state index < -0.39 is 11.9 Å². The van der Waals surface area contributed by atoms with Gasteiger partial charge in [-0.15, -0.1) is 0 Å². The summed E-state index contributed by atoms with van der Waals surface area (Å²) in [6.45, 7) is 6.21. The summed E-state index contributed by atoms with van der Waals surface area (Å²) in [6, 6.07) is 4.84. The van der Waals surface area contributed by atoms with Crippen LogP contribution in [0.4, 0.5) is 4.39 Å². The van der Waals surface area contributed by atoms with E-state index in [-0.39, 0.29) is 17.7 Å². The lowest BCUT2D eigenvalue weighted by molar-refractivity contribution is -0.128. The van der Waals surface area contributed by atoms with Gasteiger partial charge in [0.2, 0.25) is 0 Å². The zero-order valence-corrected chi connectivity index (χ0v) is 13.2. The molecule has 1 aromatic carbocycles. The second kappa shape index (κ2) is 8.62. The summed E-state index contributed by atoms with van der Waals surface area (Å²) in [4.78, 5) is 11.9. The predicted molar refractivity (Wildman–Crippen MR) is 81.8 cm³/mol. The van der Waals surface area contributed by atoms with E-state index in [0.717, 1.165) is 18.4 Å². The topological polar surface area (TPSA) is 50.4 Å². The summed E-state index contributed by atoms with van der Waals surface area (Å²) in [6.07, 6.45) is 1.18. The van der Waals surface area contributed by atoms with Crippen molar-refractivity contribution < 1.29 is 13.9 Å². The largest absolute Gasteiger partial charge is 0.478 e. The molecule has 0 saturated carbocycles. The van der Waals surface area contributed by atoms with Gasteiger partial charge in [-0.2, -0.15) is 0 Å². The number of amides is 1. The third-order valence-corrected chi connectivity index (χ3v) is 3.16. The average Bonchev–Trinajstić information content (AvgIpc) is 2.42. The third-order valence-electron chi connectivity index (χ3n) is 3.16. The third kappa shape index (κ3) is 5.71. The summed E-state index contributed by atoms with van der Waals surface area (Å²) in [7, 11) is 1.80. The van der Waals surface area contributed by atoms with Gasteiger partial charge >= 0.3 is 0 Å². The van der Waals surface area contributed by atoms with Gasteiger partial charge in [0.15, 0.2) is 17.7 Å². The molecule has 1 rings (SSSR count). The van der Waals surface area contributed by atoms with E-state index in [1.807, 2.05) is 6.92 Å². The van der Waals surface area contributed by atoms with Gasteiger partial charge in [-0.3, -0.25) is 4.79 Å². The number of carbonyl (C=O) groups excluding carboxylic acids is 1. The number of halogens is 1. The molecule has 2 N–H and O–H groups in total. The van der Waals surface area contributed by atoms with Crippen molar-refractivity contribution in [1.29, 1.82) is 0 Å². The Bertz CT molecular complexity index is 466. The Kier molecular flexibility index (Phi) is 7.15. The summed E-state index contributed by atoms with van der Waals surface area (Å²) in [5.74, 6) is -0.584. The molecule has 0 spiro atoms. The zero-order chi connectivity index (χ0) is 15.8. The number of ether oxygens (including phenoxy) is 1. The first-order chi connectivity index (χ1) is 9.97. The summed E-state index contributed by atoms with van der Waals surface area (Å²) >= 11 is 0. The molecule has 0 aliphatic rings. The van der Waals surface area contributed by atoms with Crippen molar-refractivity contribution in [3.63, 3.8) is 0 Å². The Balaban J connectivity index is 2.61. The molecule has 0 aliphatic heterocycles. The monoisotopic (exact) mass is 296 g/mol. The van der Waals surface area contributed by atoms with Crippen molar-refractivity contribution in [2.75, 3.05) is 7.05 Å². The molecule has 5 heteroatoms. The van der Waals surface area contributed by atoms with E-state index in [0.29, 0.717) is 6.54 Å². The van der Waals surface area contributed by atoms with Crippen LogP contribution in [0.15, 0.2) is 18.2 Å². The molecule has 21 heavy (non-hydrogen) atoms. The van der Waals surface area contributed by atoms with Crippen molar-refractivity contribution in [2.45, 2.75) is 52.3 Å². The van der Waals surface area contributed by atoms with Crippen LogP contribution in [0.2, 0.25) is 0 Å². The van der Waals surface area contributed by atoms with Crippen molar-refractivity contribution >= 4 is 5.91 Å². The van der Waals surface area contributed by atoms with Crippen molar-refractivity contribution in [3.8, 4) is 5.75 Å². The molecule has 2 atom stereocenters. The molecule has 1 aromatic rings. The number of nitrogens with one attached hydrogen (secondary N) is 2. The van der Waals surface area contributed by atoms with Crippen molar-refractivity contribution in [3.05, 3.63) is 29.6 Å². The van der Waals surface area contributed by atoms with Crippen LogP contribution in [0.25, 0.3) is 0 Å². The van der Waals surface area contributed by atoms with Gasteiger partial charge in [-0.1, -0.05) is 19.4 Å². The lowest BCUT2D eigenvalue weighted by Gasteiger charge is -2.18. The summed E-state index contributed by atoms with van der Waals surface area (Å²) in [5, 5.41) is 5.81. The maximum absolute atomic E-state index is 13.9. The molecule has 0 aromatic heterocycles. The van der Waals surface area contributed by atoms with Crippen LogP contribution >= 0.6 is 0 Å². The Morgan fingerprint density at radius 3 is 2.67 bits per heavy atom. The quantitative estimate of drug-likeness (QED) is 0.775. The Labute approximate surface area is 126 Å². The SMILES string of the molecule is CCCC(C)NC(=O)C(C)Oc1ccc(CNC)cc1F. The first-order valence-corrected chi connectivity index (χ1v) is 7.38. The van der Waals surface area contributed by atoms with Gasteiger partial charge in [0.05, 0.1) is 0 Å². The van der Waals surface area contributed by atoms with Crippen LogP contribution in [0, 0.1) is 5.82 Å². The molecule has 0 heterocycles. The number of hydrogen-bond acceptors (Lipinski definition) is 3. The average molecular weight is 296 g/mol. The molecular formula is C16H25FN2O2. The summed E-state index contributed by atoms with van der Waals surface area (Å²) < 4.78 is 19.3. The second-order valence-electron chi connectivity index (χ2n) is 5.25. The second-order valence-corrected chi connectivity index (χ2v) is 5.25. The van der Waals surface area contributed by atoms with E-state index >= 15 is 0 Å². The van der Waals surface area contributed by atoms with Crippen LogP contribution < -0.4 is 15.4 Å². The normalized spacial score (nSPS) is 13.6. The van der Waals surface area contributed by atoms with E-state index in [4.69, 9.17) is 4.74 Å². The van der Waals surface area contributed by atoms with E-state index in [1.165, 1.54) is 6.07 Å². The first-order valence-electron chi connectivity index (χ1n) is 7.38. The number of rotatable bonds is 8. The maximum Gasteiger partial charge on any atom is 0.260 e. The Morgan fingerprint density at radius 2 is 2.10 bits per heavy atom. The molecule has 0 radical (unpaired) electrons. The Hall–Kier alpha value is -1.62. The van der Waals surface area contributed by atoms with Crippen LogP contribution in [0.1, 0.15) is 39.2 Å². The molecule has 4 nitrogen and oxygen atoms in total. The van der Waals surface area contributed by atoms with E-state index in [2.05, 4.69) is 17.6 Å². The highest BCUT2D eigenvalue weighted by molar-refractivity contribution is 5.80. The fraction of sp³-hybridized carbons (Fsp3) is 0.562. The minimum absolute atomic E-state index is 0.0939. The van der Waals surface area contributed by atoms with Crippen molar-refractivity contribution in [1.82, 2.24) is 10.6 Å². The lowest BCUT2D eigenvalue weighted by atomic mass is 10.2. The Morgan fingerprint density at radius 1 is 1.38 bits per heavy atom. The minimum Gasteiger partial charge on any atom is -0.478 e. The molecule has 0 aliphatic carbocycles. The number of hydrogen-bond donors (Lipinski definition) is 2. The van der Waals surface area contributed by atoms with E-state index in [9.17, 15) is 9.18 Å². The van der Waals surface area contributed by atoms with Crippen LogP contribution in [-0.2, 0) is 11.3 Å². The molecule has 118 valence electrons. The van der Waals surface area contributed by atoms with Gasteiger partial charge in [0, 0.05) is 12.6 Å². The van der Waals surface area contributed by atoms with Crippen molar-refractivity contribution in [2.24, 2.45) is 0 Å². The molecule has 0 saturated heterocycles. The molecule has 2 unspecified atom stereocenters. The smallest absolute Gasteiger partial charge is 0.260 e. The fourth-order valence-corrected chi connectivity index (χ4v) is 2.06. The summed E-state index contributed by atoms with van der Waals surface area (Å²) in [5.41, 5.74) is 0.830. The van der Waals surface area contributed by atoms with Crippen LogP contribution in [0.3, 0.4) is 0 Å². The van der Waals surface area contributed by atoms with Crippen LogP contribution in [0.5, 0.6) is 5.75 Å². The fourth-order valence-electron chi connectivity index (χ4n) is 2.06. The van der Waals surface area contributed by atoms with Crippen LogP contribution in [-0.4, -0.2) is 25.1 Å². The minimum atomic E-state index is -0.728. The van der Waals surface area contributed by atoms with E-state index in [1.54, 1.807) is 26.1 Å². The van der Waals surface area contributed by atoms with Gasteiger partial charge in [0.1, 0.15) is 0 Å². The number of benzene rings is 1. The standard InChI is InChI=1S/C16H25FN2O2/c1-5-6-11(2)19-16(20)12(3)21-15-8-7-13(10-18-4)9-14(15)17/h7-9,11-12,18H,5-6,10H2,1-4H3,(H,19,20). The molecular weight excluding hydrogens is 271 g/mol. The van der Waals surface area contributed by atoms with Gasteiger partial charge in [-0.25, -0.2) is 4.39 Å². The highest BCUT2D eigenvalue weighted by Crippen LogP contribution is 2.19. The number of carbonyl (C=O) groups is 1. The zero-order valence-electron chi connectivity index (χ0n) is 13.2. The molecule has 0 fully saturated rings. The molecule has 0 bridgehead atoms. The first kappa shape index (κ1) is 17.4. The predicted octanol–water partition coefficient (Wildman–Crippen LogP) is 2.62. The van der Waals surface area contributed by atoms with Gasteiger partial charge < -0.3 is 15.4 Å². The van der Waals surface area contributed by atoms with Gasteiger partial charge in [0.25, 0.3) is 5.91 Å². The highest BCUT2D eigenvalue weighted by atomic mass is 19.1. The molecule has 1 amide bonds.